The maximum atomic E-state index is 12.1. The van der Waals surface area contributed by atoms with E-state index in [1.54, 1.807) is 0 Å². The average Bonchev–Trinajstić information content (AvgIpc) is 2.55. The molecule has 1 fully saturated rings. The summed E-state index contributed by atoms with van der Waals surface area (Å²) in [5, 5.41) is 2.46. The van der Waals surface area contributed by atoms with E-state index in [4.69, 9.17) is 4.74 Å². The third-order valence-electron chi connectivity index (χ3n) is 4.26. The van der Waals surface area contributed by atoms with Gasteiger partial charge in [-0.3, -0.25) is 9.59 Å². The van der Waals surface area contributed by atoms with Gasteiger partial charge in [0.05, 0.1) is 24.0 Å². The summed E-state index contributed by atoms with van der Waals surface area (Å²) in [6.07, 6.45) is 6.21. The first-order chi connectivity index (χ1) is 10.7. The van der Waals surface area contributed by atoms with Crippen molar-refractivity contribution in [3.63, 3.8) is 0 Å². The van der Waals surface area contributed by atoms with Crippen molar-refractivity contribution in [3.05, 3.63) is 24.3 Å². The van der Waals surface area contributed by atoms with Crippen molar-refractivity contribution in [2.75, 3.05) is 11.9 Å². The number of para-hydroxylation sites is 1. The zero-order valence-corrected chi connectivity index (χ0v) is 13.4. The maximum Gasteiger partial charge on any atom is 0.307 e. The third kappa shape index (κ3) is 3.83. The number of anilines is 1. The number of hydrogen-bond donors (Lipinski definition) is 1. The smallest absolute Gasteiger partial charge is 0.307 e. The Hall–Kier alpha value is -1.49. The van der Waals surface area contributed by atoms with E-state index in [9.17, 15) is 9.59 Å². The van der Waals surface area contributed by atoms with Crippen molar-refractivity contribution < 1.29 is 14.3 Å². The highest BCUT2D eigenvalue weighted by Gasteiger charge is 2.29. The first-order valence-corrected chi connectivity index (χ1v) is 8.82. The van der Waals surface area contributed by atoms with Crippen molar-refractivity contribution in [3.8, 4) is 0 Å². The molecule has 1 N–H and O–H groups in total. The second-order valence-electron chi connectivity index (χ2n) is 5.98. The number of fused-ring (bicyclic) bond motifs is 1. The van der Waals surface area contributed by atoms with Crippen molar-refractivity contribution >= 4 is 29.3 Å². The summed E-state index contributed by atoms with van der Waals surface area (Å²) < 4.78 is 5.39. The van der Waals surface area contributed by atoms with E-state index in [0.29, 0.717) is 12.5 Å². The first kappa shape index (κ1) is 15.4. The monoisotopic (exact) mass is 319 g/mol. The van der Waals surface area contributed by atoms with Crippen LogP contribution in [0, 0.1) is 5.92 Å². The number of carbonyl (C=O) groups excluding carboxylic acids is 2. The first-order valence-electron chi connectivity index (χ1n) is 7.94. The molecular weight excluding hydrogens is 298 g/mol. The van der Waals surface area contributed by atoms with Crippen LogP contribution >= 0.6 is 11.8 Å². The second-order valence-corrected chi connectivity index (χ2v) is 7.23. The van der Waals surface area contributed by atoms with Gasteiger partial charge in [-0.15, -0.1) is 11.8 Å². The van der Waals surface area contributed by atoms with Gasteiger partial charge in [-0.05, 0) is 30.9 Å². The van der Waals surface area contributed by atoms with Gasteiger partial charge in [-0.25, -0.2) is 0 Å². The van der Waals surface area contributed by atoms with Crippen LogP contribution in [0.15, 0.2) is 29.2 Å². The fourth-order valence-electron chi connectivity index (χ4n) is 3.00. The molecular formula is C17H21NO3S. The van der Waals surface area contributed by atoms with Crippen molar-refractivity contribution in [2.45, 2.75) is 48.7 Å². The number of amides is 1. The second kappa shape index (κ2) is 7.18. The number of thioether (sulfide) groups is 1. The summed E-state index contributed by atoms with van der Waals surface area (Å²) in [5.41, 5.74) is 0.823. The molecule has 0 saturated heterocycles. The number of benzene rings is 1. The number of ether oxygens (including phenoxy) is 1. The Morgan fingerprint density at radius 1 is 1.23 bits per heavy atom. The number of nitrogens with one attached hydrogen (secondary N) is 1. The summed E-state index contributed by atoms with van der Waals surface area (Å²) in [6.45, 7) is 0.508. The molecule has 0 radical (unpaired) electrons. The summed E-state index contributed by atoms with van der Waals surface area (Å²) in [6, 6.07) is 7.65. The topological polar surface area (TPSA) is 55.4 Å². The molecule has 1 aromatic carbocycles. The van der Waals surface area contributed by atoms with Crippen LogP contribution in [0.1, 0.15) is 38.5 Å². The standard InChI is InChI=1S/C17H21NO3S/c19-16(21-11-12-6-2-1-3-7-12)10-15-17(20)18-13-8-4-5-9-14(13)22-15/h4-5,8-9,12,15H,1-3,6-7,10-11H2,(H,18,20). The predicted octanol–water partition coefficient (Wildman–Crippen LogP) is 3.61. The molecule has 1 aliphatic heterocycles. The van der Waals surface area contributed by atoms with Crippen LogP contribution < -0.4 is 5.32 Å². The molecule has 0 aromatic heterocycles. The van der Waals surface area contributed by atoms with Gasteiger partial charge in [-0.2, -0.15) is 0 Å². The summed E-state index contributed by atoms with van der Waals surface area (Å²) in [7, 11) is 0. The van der Waals surface area contributed by atoms with Gasteiger partial charge in [0.15, 0.2) is 0 Å². The lowest BCUT2D eigenvalue weighted by atomic mass is 9.90. The fraction of sp³-hybridized carbons (Fsp3) is 0.529. The lowest BCUT2D eigenvalue weighted by molar-refractivity contribution is -0.146. The molecule has 1 saturated carbocycles. The van der Waals surface area contributed by atoms with Gasteiger partial charge in [0, 0.05) is 4.90 Å². The molecule has 1 atom stereocenters. The third-order valence-corrected chi connectivity index (χ3v) is 5.54. The zero-order chi connectivity index (χ0) is 15.4. The highest BCUT2D eigenvalue weighted by molar-refractivity contribution is 8.01. The minimum atomic E-state index is -0.395. The lowest BCUT2D eigenvalue weighted by Gasteiger charge is -2.24. The number of esters is 1. The molecule has 22 heavy (non-hydrogen) atoms. The van der Waals surface area contributed by atoms with E-state index in [1.165, 1.54) is 31.0 Å². The Bertz CT molecular complexity index is 555. The number of hydrogen-bond acceptors (Lipinski definition) is 4. The van der Waals surface area contributed by atoms with Gasteiger partial charge in [-0.1, -0.05) is 31.4 Å². The van der Waals surface area contributed by atoms with Crippen LogP contribution in [0.3, 0.4) is 0 Å². The van der Waals surface area contributed by atoms with Gasteiger partial charge < -0.3 is 10.1 Å². The van der Waals surface area contributed by atoms with E-state index in [2.05, 4.69) is 5.32 Å². The highest BCUT2D eigenvalue weighted by Crippen LogP contribution is 2.36. The van der Waals surface area contributed by atoms with Crippen LogP contribution in [-0.4, -0.2) is 23.7 Å². The molecule has 1 aliphatic carbocycles. The number of carbonyl (C=O) groups is 2. The average molecular weight is 319 g/mol. The molecule has 3 rings (SSSR count). The summed E-state index contributed by atoms with van der Waals surface area (Å²) in [4.78, 5) is 25.1. The van der Waals surface area contributed by atoms with Gasteiger partial charge in [0.1, 0.15) is 0 Å². The van der Waals surface area contributed by atoms with Crippen LogP contribution in [0.25, 0.3) is 0 Å². The molecule has 0 bridgehead atoms. The van der Waals surface area contributed by atoms with E-state index in [1.807, 2.05) is 24.3 Å². The van der Waals surface area contributed by atoms with Crippen LogP contribution in [0.5, 0.6) is 0 Å². The van der Waals surface area contributed by atoms with Crippen LogP contribution in [0.2, 0.25) is 0 Å². The largest absolute Gasteiger partial charge is 0.465 e. The normalized spacial score (nSPS) is 21.8. The van der Waals surface area contributed by atoms with Gasteiger partial charge >= 0.3 is 5.97 Å². The van der Waals surface area contributed by atoms with Crippen LogP contribution in [0.4, 0.5) is 5.69 Å². The lowest BCUT2D eigenvalue weighted by Crippen LogP contribution is -2.31. The Morgan fingerprint density at radius 3 is 2.82 bits per heavy atom. The van der Waals surface area contributed by atoms with Crippen molar-refractivity contribution in [1.82, 2.24) is 0 Å². The Kier molecular flexibility index (Phi) is 5.03. The Morgan fingerprint density at radius 2 is 2.00 bits per heavy atom. The number of rotatable bonds is 4. The highest BCUT2D eigenvalue weighted by atomic mass is 32.2. The minimum Gasteiger partial charge on any atom is -0.465 e. The Labute approximate surface area is 135 Å². The van der Waals surface area contributed by atoms with Gasteiger partial charge in [0.25, 0.3) is 0 Å². The molecule has 1 amide bonds. The molecule has 1 heterocycles. The molecule has 1 unspecified atom stereocenters. The molecule has 0 spiro atoms. The van der Waals surface area contributed by atoms with Crippen LogP contribution in [-0.2, 0) is 14.3 Å². The van der Waals surface area contributed by atoms with Crippen molar-refractivity contribution in [1.29, 1.82) is 0 Å². The predicted molar refractivity (Wildman–Crippen MR) is 86.9 cm³/mol. The minimum absolute atomic E-state index is 0.113. The van der Waals surface area contributed by atoms with E-state index >= 15 is 0 Å². The quantitative estimate of drug-likeness (QED) is 0.861. The Balaban J connectivity index is 1.50. The van der Waals surface area contributed by atoms with E-state index in [-0.39, 0.29) is 18.3 Å². The fourth-order valence-corrected chi connectivity index (χ4v) is 4.10. The SMILES string of the molecule is O=C(CC1Sc2ccccc2NC1=O)OCC1CCCCC1. The van der Waals surface area contributed by atoms with Crippen molar-refractivity contribution in [2.24, 2.45) is 5.92 Å². The summed E-state index contributed by atoms with van der Waals surface area (Å²) in [5.74, 6) is 0.127. The molecule has 1 aromatic rings. The molecule has 5 heteroatoms. The van der Waals surface area contributed by atoms with E-state index in [0.717, 1.165) is 23.4 Å². The zero-order valence-electron chi connectivity index (χ0n) is 12.5. The molecule has 118 valence electrons. The van der Waals surface area contributed by atoms with Gasteiger partial charge in [0.2, 0.25) is 5.91 Å². The summed E-state index contributed by atoms with van der Waals surface area (Å²) >= 11 is 1.44. The van der Waals surface area contributed by atoms with E-state index < -0.39 is 5.25 Å². The molecule has 4 nitrogen and oxygen atoms in total. The molecule has 2 aliphatic rings. The maximum absolute atomic E-state index is 12.1.